The lowest BCUT2D eigenvalue weighted by molar-refractivity contribution is 1.08. The maximum atomic E-state index is 5.49. The van der Waals surface area contributed by atoms with Gasteiger partial charge in [0, 0.05) is 67.8 Å². The van der Waals surface area contributed by atoms with Crippen molar-refractivity contribution in [1.29, 1.82) is 0 Å². The van der Waals surface area contributed by atoms with Gasteiger partial charge in [0.2, 0.25) is 0 Å². The first-order valence-electron chi connectivity index (χ1n) is 31.7. The van der Waals surface area contributed by atoms with Crippen LogP contribution in [0.4, 0.5) is 0 Å². The second-order valence-corrected chi connectivity index (χ2v) is 28.2. The Kier molecular flexibility index (Phi) is 11.0. The summed E-state index contributed by atoms with van der Waals surface area (Å²) in [5.41, 5.74) is 23.9. The molecule has 9 heteroatoms. The maximum Gasteiger partial charge on any atom is 0.182 e. The summed E-state index contributed by atoms with van der Waals surface area (Å²) in [7, 11) is -3.48. The second kappa shape index (κ2) is 19.8. The van der Waals surface area contributed by atoms with Crippen molar-refractivity contribution in [1.82, 2.24) is 38.2 Å². The van der Waals surface area contributed by atoms with E-state index in [1.165, 1.54) is 86.6 Å². The average molecular weight is 1200 g/mol. The Morgan fingerprint density at radius 3 is 0.946 bits per heavy atom. The Labute approximate surface area is 535 Å². The lowest BCUT2D eigenvalue weighted by Crippen LogP contribution is -2.70. The lowest BCUT2D eigenvalue weighted by atomic mass is 9.97. The van der Waals surface area contributed by atoms with Crippen molar-refractivity contribution < 1.29 is 0 Å². The van der Waals surface area contributed by atoms with Crippen LogP contribution in [0.3, 0.4) is 0 Å². The molecule has 0 N–H and O–H groups in total. The Morgan fingerprint density at radius 1 is 0.237 bits per heavy atom. The van der Waals surface area contributed by atoms with Crippen LogP contribution in [0.5, 0.6) is 0 Å². The fourth-order valence-corrected chi connectivity index (χ4v) is 21.4. The number of benzene rings is 12. The van der Waals surface area contributed by atoms with E-state index in [1.807, 2.05) is 24.5 Å². The molecule has 432 valence electrons. The highest BCUT2D eigenvalue weighted by Gasteiger charge is 2.55. The molecule has 1 spiro atoms. The number of imidazole rings is 2. The molecule has 8 nitrogen and oxygen atoms in total. The summed E-state index contributed by atoms with van der Waals surface area (Å²) in [6.45, 7) is 0. The molecule has 93 heavy (non-hydrogen) atoms. The first-order valence-corrected chi connectivity index (χ1v) is 33.7. The van der Waals surface area contributed by atoms with Gasteiger partial charge in [-0.25, -0.2) is 19.9 Å². The number of hydrogen-bond donors (Lipinski definition) is 0. The zero-order chi connectivity index (χ0) is 60.9. The molecule has 18 aromatic rings. The van der Waals surface area contributed by atoms with E-state index < -0.39 is 8.07 Å². The third-order valence-electron chi connectivity index (χ3n) is 19.7. The van der Waals surface area contributed by atoms with Crippen LogP contribution in [-0.4, -0.2) is 46.3 Å². The molecule has 0 bridgehead atoms. The summed E-state index contributed by atoms with van der Waals surface area (Å²) in [4.78, 5) is 21.0. The van der Waals surface area contributed by atoms with Crippen molar-refractivity contribution in [3.8, 4) is 90.0 Å². The molecular weight excluding hydrogens is 1150 g/mol. The predicted octanol–water partition coefficient (Wildman–Crippen LogP) is 17.4. The first-order chi connectivity index (χ1) is 46.1. The van der Waals surface area contributed by atoms with Crippen molar-refractivity contribution in [2.75, 3.05) is 0 Å². The SMILES string of the molecule is c1ccc(-n2c(-c3ccc4c(c3)[Si]3(c5cc(-c6ccc7c8ccccc8n(-c8ccccc8)c7c6)ccc5-c5ccc(-c6ccc7c8ccccc8n(-c8ccccc8)c7c6)cc53)c3cc(-c5nc6cccnc6n5-c5ccccc5)ccc3-4)nc3cccnc32)cc1. The number of pyridine rings is 2. The van der Waals surface area contributed by atoms with E-state index in [2.05, 4.69) is 309 Å². The largest absolute Gasteiger partial charge is 0.309 e. The molecule has 0 radical (unpaired) electrons. The van der Waals surface area contributed by atoms with Gasteiger partial charge in [0.05, 0.1) is 22.1 Å². The zero-order valence-electron chi connectivity index (χ0n) is 50.1. The molecule has 12 aromatic carbocycles. The standard InChI is InChI=1S/C84H52N8Si/c1-5-19-59(20-6-1)89-73-31-15-13-27-63(73)65-39-33-53(47-75(65)89)55-35-41-67-68-42-36-56(54-34-40-66-64-28-14-16-32-74(64)90(76(66)48-54)60-21-7-2-8-22-60)50-78(68)93(77(67)49-55)79-51-57(81-87-71-29-17-45-85-83(71)91(81)61-23-9-3-10-24-61)37-43-69(79)70-44-38-58(52-80(70)93)82-88-72-30-18-46-86-84(72)92(82)62-25-11-4-12-26-62/h1-52H. The van der Waals surface area contributed by atoms with Gasteiger partial charge in [-0.3, -0.25) is 9.13 Å². The van der Waals surface area contributed by atoms with E-state index in [9.17, 15) is 0 Å². The number of nitrogens with zero attached hydrogens (tertiary/aromatic N) is 8. The van der Waals surface area contributed by atoms with Crippen LogP contribution < -0.4 is 20.7 Å². The van der Waals surface area contributed by atoms with Gasteiger partial charge in [0.25, 0.3) is 0 Å². The molecule has 0 aliphatic carbocycles. The lowest BCUT2D eigenvalue weighted by Gasteiger charge is -2.29. The quantitative estimate of drug-likeness (QED) is 0.142. The number of fused-ring (bicyclic) bond motifs is 18. The van der Waals surface area contributed by atoms with Crippen LogP contribution in [0, 0.1) is 0 Å². The molecule has 0 unspecified atom stereocenters. The van der Waals surface area contributed by atoms with Crippen molar-refractivity contribution in [3.63, 3.8) is 0 Å². The predicted molar refractivity (Wildman–Crippen MR) is 383 cm³/mol. The third kappa shape index (κ3) is 7.48. The smallest absolute Gasteiger partial charge is 0.182 e. The van der Waals surface area contributed by atoms with Crippen LogP contribution in [0.25, 0.3) is 156 Å². The van der Waals surface area contributed by atoms with Gasteiger partial charge in [0.1, 0.15) is 22.7 Å². The van der Waals surface area contributed by atoms with Gasteiger partial charge in [-0.05, 0) is 162 Å². The molecule has 0 fully saturated rings. The molecule has 0 saturated heterocycles. The van der Waals surface area contributed by atoms with E-state index in [4.69, 9.17) is 19.9 Å². The summed E-state index contributed by atoms with van der Waals surface area (Å²) in [5.74, 6) is 1.68. The molecule has 20 rings (SSSR count). The molecule has 2 aliphatic rings. The van der Waals surface area contributed by atoms with Gasteiger partial charge in [-0.15, -0.1) is 0 Å². The monoisotopic (exact) mass is 1200 g/mol. The Morgan fingerprint density at radius 2 is 0.548 bits per heavy atom. The zero-order valence-corrected chi connectivity index (χ0v) is 51.1. The summed E-state index contributed by atoms with van der Waals surface area (Å²) in [5, 5.41) is 10.2. The Bertz CT molecular complexity index is 5750. The minimum atomic E-state index is -3.48. The van der Waals surface area contributed by atoms with Gasteiger partial charge < -0.3 is 9.13 Å². The number of rotatable bonds is 8. The number of aromatic nitrogens is 8. The third-order valence-corrected chi connectivity index (χ3v) is 24.6. The van der Waals surface area contributed by atoms with E-state index in [0.717, 1.165) is 90.1 Å². The molecule has 0 saturated carbocycles. The summed E-state index contributed by atoms with van der Waals surface area (Å²) < 4.78 is 9.32. The number of para-hydroxylation sites is 6. The fourth-order valence-electron chi connectivity index (χ4n) is 15.7. The molecule has 6 aromatic heterocycles. The average Bonchev–Trinajstić information content (AvgIpc) is 1.50. The molecular formula is C84H52N8Si. The molecule has 0 atom stereocenters. The van der Waals surface area contributed by atoms with E-state index in [-0.39, 0.29) is 0 Å². The summed E-state index contributed by atoms with van der Waals surface area (Å²) in [6, 6.07) is 112. The van der Waals surface area contributed by atoms with Crippen molar-refractivity contribution in [3.05, 3.63) is 316 Å². The molecule has 8 heterocycles. The van der Waals surface area contributed by atoms with Crippen LogP contribution in [-0.2, 0) is 0 Å². The highest BCUT2D eigenvalue weighted by molar-refractivity contribution is 7.24. The minimum absolute atomic E-state index is 0.812. The normalized spacial score (nSPS) is 12.8. The van der Waals surface area contributed by atoms with Crippen LogP contribution in [0.1, 0.15) is 0 Å². The highest BCUT2D eigenvalue weighted by Crippen LogP contribution is 2.44. The van der Waals surface area contributed by atoms with E-state index >= 15 is 0 Å². The van der Waals surface area contributed by atoms with Crippen molar-refractivity contribution in [2.45, 2.75) is 0 Å². The Balaban J connectivity index is 0.884. The van der Waals surface area contributed by atoms with Crippen LogP contribution in [0.15, 0.2) is 316 Å². The topological polar surface area (TPSA) is 71.3 Å². The maximum absolute atomic E-state index is 5.49. The molecule has 2 aliphatic heterocycles. The van der Waals surface area contributed by atoms with Crippen LogP contribution in [0.2, 0.25) is 0 Å². The van der Waals surface area contributed by atoms with E-state index in [1.54, 1.807) is 0 Å². The highest BCUT2D eigenvalue weighted by atomic mass is 28.3. The van der Waals surface area contributed by atoms with Crippen LogP contribution >= 0.6 is 0 Å². The first kappa shape index (κ1) is 51.6. The second-order valence-electron chi connectivity index (χ2n) is 24.5. The van der Waals surface area contributed by atoms with Gasteiger partial charge in [0.15, 0.2) is 19.4 Å². The fraction of sp³-hybridized carbons (Fsp3) is 0. The Hall–Kier alpha value is -12.3. The minimum Gasteiger partial charge on any atom is -0.309 e. The van der Waals surface area contributed by atoms with Crippen molar-refractivity contribution >= 4 is 94.8 Å². The van der Waals surface area contributed by atoms with Gasteiger partial charge in [-0.1, -0.05) is 206 Å². The summed E-state index contributed by atoms with van der Waals surface area (Å²) in [6.07, 6.45) is 3.74. The van der Waals surface area contributed by atoms with Crippen molar-refractivity contribution in [2.24, 2.45) is 0 Å². The van der Waals surface area contributed by atoms with Gasteiger partial charge in [-0.2, -0.15) is 0 Å². The van der Waals surface area contributed by atoms with Gasteiger partial charge >= 0.3 is 0 Å². The number of hydrogen-bond acceptors (Lipinski definition) is 4. The van der Waals surface area contributed by atoms with E-state index in [0.29, 0.717) is 0 Å². The summed E-state index contributed by atoms with van der Waals surface area (Å²) >= 11 is 0. The molecule has 0 amide bonds.